The van der Waals surface area contributed by atoms with E-state index >= 15 is 0 Å². The Bertz CT molecular complexity index is 178. The van der Waals surface area contributed by atoms with Crippen LogP contribution in [0.4, 0.5) is 0 Å². The summed E-state index contributed by atoms with van der Waals surface area (Å²) in [6.07, 6.45) is 0. The van der Waals surface area contributed by atoms with Crippen molar-refractivity contribution in [2.75, 3.05) is 5.88 Å². The molecule has 0 spiro atoms. The molecule has 0 aromatic carbocycles. The van der Waals surface area contributed by atoms with Gasteiger partial charge in [-0.15, -0.1) is 11.6 Å². The van der Waals surface area contributed by atoms with E-state index in [9.17, 15) is 9.59 Å². The maximum absolute atomic E-state index is 10.3. The Labute approximate surface area is 77.0 Å². The molecule has 7 heteroatoms. The molecule has 11 heavy (non-hydrogen) atoms. The van der Waals surface area contributed by atoms with Gasteiger partial charge in [0.1, 0.15) is 5.88 Å². The van der Waals surface area contributed by atoms with Crippen molar-refractivity contribution >= 4 is 46.7 Å². The van der Waals surface area contributed by atoms with Crippen molar-refractivity contribution in [2.24, 2.45) is 0 Å². The molecule has 0 saturated heterocycles. The molecule has 0 fully saturated rings. The van der Waals surface area contributed by atoms with Gasteiger partial charge in [0.25, 0.3) is 0 Å². The van der Waals surface area contributed by atoms with Gasteiger partial charge in [0, 0.05) is 0 Å². The Kier molecular flexibility index (Phi) is 3.92. The van der Waals surface area contributed by atoms with Crippen molar-refractivity contribution in [3.63, 3.8) is 0 Å². The second kappa shape index (κ2) is 3.99. The summed E-state index contributed by atoms with van der Waals surface area (Å²) < 4.78 is 1.46. The van der Waals surface area contributed by atoms with Crippen LogP contribution in [-0.4, -0.2) is 27.4 Å². The number of hydrogen-bond donors (Lipinski definition) is 1. The quantitative estimate of drug-likeness (QED) is 0.570. The molecule has 0 aliphatic heterocycles. The van der Waals surface area contributed by atoms with Crippen LogP contribution in [0, 0.1) is 0 Å². The molecule has 0 aromatic rings. The van der Waals surface area contributed by atoms with Crippen LogP contribution in [0.25, 0.3) is 0 Å². The molecule has 0 bridgehead atoms. The van der Waals surface area contributed by atoms with Crippen LogP contribution in [0.5, 0.6) is 0 Å². The first-order chi connectivity index (χ1) is 4.90. The molecule has 64 valence electrons. The summed E-state index contributed by atoms with van der Waals surface area (Å²) in [7, 11) is 0. The summed E-state index contributed by atoms with van der Waals surface area (Å²) >= 11 is 15.0. The standard InChI is InChI=1S/C4H3Cl3O4/c5-1-2(8)11-4(6,7)3(9)10/h1H2,(H,9,10). The SMILES string of the molecule is O=C(CCl)OC(Cl)(Cl)C(=O)O. The molecule has 0 heterocycles. The topological polar surface area (TPSA) is 63.6 Å². The smallest absolute Gasteiger partial charge is 0.381 e. The number of aliphatic carboxylic acids is 1. The minimum atomic E-state index is -2.55. The molecule has 1 N–H and O–H groups in total. The fraction of sp³-hybridized carbons (Fsp3) is 0.500. The highest BCUT2D eigenvalue weighted by molar-refractivity contribution is 6.56. The number of halogens is 3. The number of esters is 1. The zero-order chi connectivity index (χ0) is 9.07. The van der Waals surface area contributed by atoms with Gasteiger partial charge in [-0.2, -0.15) is 0 Å². The average molecular weight is 221 g/mol. The van der Waals surface area contributed by atoms with E-state index in [0.717, 1.165) is 0 Å². The van der Waals surface area contributed by atoms with Crippen molar-refractivity contribution in [1.82, 2.24) is 0 Å². The van der Waals surface area contributed by atoms with Crippen molar-refractivity contribution in [3.8, 4) is 0 Å². The lowest BCUT2D eigenvalue weighted by molar-refractivity contribution is -0.159. The van der Waals surface area contributed by atoms with Gasteiger partial charge in [0.05, 0.1) is 0 Å². The largest absolute Gasteiger partial charge is 0.476 e. The lowest BCUT2D eigenvalue weighted by atomic mass is 10.7. The first-order valence-electron chi connectivity index (χ1n) is 2.29. The van der Waals surface area contributed by atoms with E-state index in [1.165, 1.54) is 0 Å². The van der Waals surface area contributed by atoms with E-state index in [2.05, 4.69) is 4.74 Å². The number of rotatable bonds is 3. The predicted octanol–water partition coefficient (Wildman–Crippen LogP) is 0.984. The third kappa shape index (κ3) is 3.65. The van der Waals surface area contributed by atoms with Crippen LogP contribution in [0.15, 0.2) is 0 Å². The molecule has 0 aromatic heterocycles. The summed E-state index contributed by atoms with van der Waals surface area (Å²) in [5, 5.41) is 8.20. The fourth-order valence-corrected chi connectivity index (χ4v) is 0.441. The number of alkyl halides is 3. The van der Waals surface area contributed by atoms with E-state index in [1.54, 1.807) is 0 Å². The zero-order valence-electron chi connectivity index (χ0n) is 5.01. The summed E-state index contributed by atoms with van der Waals surface area (Å²) in [4.78, 5) is 20.4. The van der Waals surface area contributed by atoms with E-state index in [1.807, 2.05) is 0 Å². The van der Waals surface area contributed by atoms with Crippen molar-refractivity contribution in [1.29, 1.82) is 0 Å². The van der Waals surface area contributed by atoms with E-state index in [-0.39, 0.29) is 0 Å². The molecule has 0 unspecified atom stereocenters. The Morgan fingerprint density at radius 3 is 2.18 bits per heavy atom. The molecule has 0 atom stereocenters. The summed E-state index contributed by atoms with van der Waals surface area (Å²) in [6, 6.07) is 0. The first-order valence-corrected chi connectivity index (χ1v) is 3.58. The highest BCUT2D eigenvalue weighted by Gasteiger charge is 2.38. The van der Waals surface area contributed by atoms with Crippen LogP contribution in [0.1, 0.15) is 0 Å². The number of carbonyl (C=O) groups excluding carboxylic acids is 1. The van der Waals surface area contributed by atoms with Gasteiger partial charge in [0.15, 0.2) is 0 Å². The number of carbonyl (C=O) groups is 2. The minimum Gasteiger partial charge on any atom is -0.476 e. The van der Waals surface area contributed by atoms with Gasteiger partial charge in [-0.05, 0) is 23.2 Å². The van der Waals surface area contributed by atoms with Gasteiger partial charge < -0.3 is 9.84 Å². The van der Waals surface area contributed by atoms with Gasteiger partial charge in [-0.1, -0.05) is 0 Å². The Morgan fingerprint density at radius 1 is 1.45 bits per heavy atom. The van der Waals surface area contributed by atoms with Crippen LogP contribution in [0.2, 0.25) is 0 Å². The zero-order valence-corrected chi connectivity index (χ0v) is 7.28. The van der Waals surface area contributed by atoms with Crippen LogP contribution in [-0.2, 0) is 14.3 Å². The Balaban J connectivity index is 4.12. The predicted molar refractivity (Wildman–Crippen MR) is 38.9 cm³/mol. The fourth-order valence-electron chi connectivity index (χ4n) is 0.214. The maximum atomic E-state index is 10.3. The molecule has 0 aliphatic rings. The van der Waals surface area contributed by atoms with Crippen LogP contribution in [0.3, 0.4) is 0 Å². The van der Waals surface area contributed by atoms with Crippen LogP contribution >= 0.6 is 34.8 Å². The lowest BCUT2D eigenvalue weighted by Crippen LogP contribution is -2.32. The van der Waals surface area contributed by atoms with Gasteiger partial charge >= 0.3 is 16.5 Å². The van der Waals surface area contributed by atoms with Crippen molar-refractivity contribution < 1.29 is 19.4 Å². The van der Waals surface area contributed by atoms with Crippen molar-refractivity contribution in [2.45, 2.75) is 4.52 Å². The number of carboxylic acid groups (broad SMARTS) is 1. The highest BCUT2D eigenvalue weighted by atomic mass is 35.5. The van der Waals surface area contributed by atoms with Gasteiger partial charge in [-0.3, -0.25) is 4.79 Å². The maximum Gasteiger partial charge on any atom is 0.381 e. The molecular weight excluding hydrogens is 218 g/mol. The molecule has 4 nitrogen and oxygen atoms in total. The molecule has 0 saturated carbocycles. The molecular formula is C4H3Cl3O4. The molecule has 0 rings (SSSR count). The average Bonchev–Trinajstić information content (AvgIpc) is 1.86. The first kappa shape index (κ1) is 10.8. The normalized spacial score (nSPS) is 10.8. The second-order valence-electron chi connectivity index (χ2n) is 1.43. The minimum absolute atomic E-state index is 0.505. The molecule has 0 amide bonds. The number of ether oxygens (including phenoxy) is 1. The second-order valence-corrected chi connectivity index (χ2v) is 2.95. The van der Waals surface area contributed by atoms with E-state index < -0.39 is 22.3 Å². The monoisotopic (exact) mass is 220 g/mol. The third-order valence-corrected chi connectivity index (χ3v) is 1.30. The Hall–Kier alpha value is -0.190. The van der Waals surface area contributed by atoms with Gasteiger partial charge in [-0.25, -0.2) is 4.79 Å². The molecule has 0 aliphatic carbocycles. The van der Waals surface area contributed by atoms with E-state index in [0.29, 0.717) is 0 Å². The summed E-state index contributed by atoms with van der Waals surface area (Å²) in [5.41, 5.74) is 0. The number of carboxylic acids is 1. The van der Waals surface area contributed by atoms with Gasteiger partial charge in [0.2, 0.25) is 0 Å². The highest BCUT2D eigenvalue weighted by Crippen LogP contribution is 2.22. The summed E-state index contributed by atoms with van der Waals surface area (Å²) in [6.45, 7) is 0. The van der Waals surface area contributed by atoms with Crippen LogP contribution < -0.4 is 0 Å². The third-order valence-electron chi connectivity index (χ3n) is 0.600. The van der Waals surface area contributed by atoms with Crippen molar-refractivity contribution in [3.05, 3.63) is 0 Å². The molecule has 0 radical (unpaired) electrons. The Morgan fingerprint density at radius 2 is 1.91 bits per heavy atom. The van der Waals surface area contributed by atoms with E-state index in [4.69, 9.17) is 39.9 Å². The lowest BCUT2D eigenvalue weighted by Gasteiger charge is -2.13. The number of hydrogen-bond acceptors (Lipinski definition) is 3. The summed E-state index contributed by atoms with van der Waals surface area (Å²) in [5.74, 6) is -3.17.